The zero-order valence-electron chi connectivity index (χ0n) is 12.1. The summed E-state index contributed by atoms with van der Waals surface area (Å²) in [7, 11) is 1.61. The van der Waals surface area contributed by atoms with E-state index in [9.17, 15) is 9.59 Å². The first kappa shape index (κ1) is 17.1. The number of methoxy groups -OCH3 is 1. The summed E-state index contributed by atoms with van der Waals surface area (Å²) in [6.45, 7) is 3.13. The second-order valence-electron chi connectivity index (χ2n) is 4.91. The van der Waals surface area contributed by atoms with Gasteiger partial charge in [-0.25, -0.2) is 4.79 Å². The van der Waals surface area contributed by atoms with E-state index in [-0.39, 0.29) is 24.5 Å². The predicted molar refractivity (Wildman–Crippen MR) is 79.2 cm³/mol. The maximum atomic E-state index is 12.3. The molecule has 0 saturated carbocycles. The number of amides is 2. The van der Waals surface area contributed by atoms with E-state index in [1.165, 1.54) is 0 Å². The zero-order valence-corrected chi connectivity index (χ0v) is 12.9. The first-order valence-corrected chi connectivity index (χ1v) is 8.09. The third kappa shape index (κ3) is 5.58. The number of hydrogen-bond acceptors (Lipinski definition) is 4. The lowest BCUT2D eigenvalue weighted by Crippen LogP contribution is -2.54. The monoisotopic (exact) mass is 304 g/mol. The van der Waals surface area contributed by atoms with Crippen molar-refractivity contribution >= 4 is 23.8 Å². The van der Waals surface area contributed by atoms with E-state index in [0.29, 0.717) is 18.9 Å². The Morgan fingerprint density at radius 2 is 2.30 bits per heavy atom. The zero-order chi connectivity index (χ0) is 15.0. The van der Waals surface area contributed by atoms with Crippen molar-refractivity contribution in [2.24, 2.45) is 0 Å². The molecule has 1 fully saturated rings. The fourth-order valence-corrected chi connectivity index (χ4v) is 3.36. The van der Waals surface area contributed by atoms with Gasteiger partial charge in [-0.2, -0.15) is 11.8 Å². The van der Waals surface area contributed by atoms with Gasteiger partial charge in [-0.1, -0.05) is 13.3 Å². The Morgan fingerprint density at radius 1 is 1.55 bits per heavy atom. The van der Waals surface area contributed by atoms with E-state index in [2.05, 4.69) is 12.2 Å². The third-order valence-corrected chi connectivity index (χ3v) is 4.32. The van der Waals surface area contributed by atoms with Gasteiger partial charge in [0.2, 0.25) is 0 Å². The SMILES string of the molecule is CCCC(COC)NC(=O)N1CCSCC1CC(=O)O. The highest BCUT2D eigenvalue weighted by molar-refractivity contribution is 7.99. The Hall–Kier alpha value is -0.950. The van der Waals surface area contributed by atoms with Gasteiger partial charge in [-0.05, 0) is 6.42 Å². The Kier molecular flexibility index (Phi) is 7.76. The molecule has 6 nitrogen and oxygen atoms in total. The van der Waals surface area contributed by atoms with Crippen molar-refractivity contribution in [1.29, 1.82) is 0 Å². The van der Waals surface area contributed by atoms with Crippen LogP contribution in [0, 0.1) is 0 Å². The highest BCUT2D eigenvalue weighted by atomic mass is 32.2. The summed E-state index contributed by atoms with van der Waals surface area (Å²) in [5.74, 6) is 0.673. The Bertz CT molecular complexity index is 321. The lowest BCUT2D eigenvalue weighted by atomic mass is 10.1. The standard InChI is InChI=1S/C13H24N2O4S/c1-3-4-10(8-19-2)14-13(18)15-5-6-20-9-11(15)7-12(16)17/h10-11H,3-9H2,1-2H3,(H,14,18)(H,16,17). The molecular formula is C13H24N2O4S. The van der Waals surface area contributed by atoms with Crippen molar-refractivity contribution in [3.63, 3.8) is 0 Å². The van der Waals surface area contributed by atoms with E-state index < -0.39 is 5.97 Å². The molecule has 2 amide bonds. The largest absolute Gasteiger partial charge is 0.481 e. The van der Waals surface area contributed by atoms with Crippen molar-refractivity contribution in [3.8, 4) is 0 Å². The minimum atomic E-state index is -0.864. The normalized spacial score (nSPS) is 20.5. The molecule has 0 aromatic carbocycles. The molecule has 20 heavy (non-hydrogen) atoms. The average molecular weight is 304 g/mol. The van der Waals surface area contributed by atoms with Crippen molar-refractivity contribution in [2.75, 3.05) is 31.8 Å². The van der Waals surface area contributed by atoms with Crippen LogP contribution >= 0.6 is 11.8 Å². The first-order chi connectivity index (χ1) is 9.58. The van der Waals surface area contributed by atoms with Gasteiger partial charge in [-0.3, -0.25) is 4.79 Å². The number of hydrogen-bond donors (Lipinski definition) is 2. The molecule has 0 aromatic heterocycles. The first-order valence-electron chi connectivity index (χ1n) is 6.94. The van der Waals surface area contributed by atoms with Crippen LogP contribution < -0.4 is 5.32 Å². The molecule has 0 aromatic rings. The molecule has 0 aliphatic carbocycles. The molecule has 1 saturated heterocycles. The maximum Gasteiger partial charge on any atom is 0.318 e. The van der Waals surface area contributed by atoms with E-state index in [0.717, 1.165) is 18.6 Å². The molecule has 116 valence electrons. The topological polar surface area (TPSA) is 78.9 Å². The van der Waals surface area contributed by atoms with Crippen LogP contribution in [0.2, 0.25) is 0 Å². The van der Waals surface area contributed by atoms with Crippen LogP contribution in [0.5, 0.6) is 0 Å². The molecule has 0 spiro atoms. The molecule has 1 heterocycles. The van der Waals surface area contributed by atoms with Crippen LogP contribution in [0.15, 0.2) is 0 Å². The van der Waals surface area contributed by atoms with Gasteiger partial charge in [0.1, 0.15) is 0 Å². The van der Waals surface area contributed by atoms with Gasteiger partial charge >= 0.3 is 12.0 Å². The highest BCUT2D eigenvalue weighted by Crippen LogP contribution is 2.19. The molecule has 0 bridgehead atoms. The molecule has 2 N–H and O–H groups in total. The molecule has 2 atom stereocenters. The molecular weight excluding hydrogens is 280 g/mol. The second-order valence-corrected chi connectivity index (χ2v) is 6.06. The van der Waals surface area contributed by atoms with Crippen LogP contribution in [-0.2, 0) is 9.53 Å². The smallest absolute Gasteiger partial charge is 0.318 e. The summed E-state index contributed by atoms with van der Waals surface area (Å²) in [5.41, 5.74) is 0. The number of thioether (sulfide) groups is 1. The van der Waals surface area contributed by atoms with Crippen molar-refractivity contribution in [1.82, 2.24) is 10.2 Å². The fraction of sp³-hybridized carbons (Fsp3) is 0.846. The lowest BCUT2D eigenvalue weighted by Gasteiger charge is -2.35. The van der Waals surface area contributed by atoms with Crippen LogP contribution in [0.3, 0.4) is 0 Å². The van der Waals surface area contributed by atoms with Gasteiger partial charge in [-0.15, -0.1) is 0 Å². The molecule has 1 rings (SSSR count). The average Bonchev–Trinajstić information content (AvgIpc) is 2.39. The van der Waals surface area contributed by atoms with E-state index in [4.69, 9.17) is 9.84 Å². The summed E-state index contributed by atoms with van der Waals surface area (Å²) in [6.07, 6.45) is 1.82. The third-order valence-electron chi connectivity index (χ3n) is 3.23. The number of urea groups is 1. The van der Waals surface area contributed by atoms with Crippen molar-refractivity contribution in [3.05, 3.63) is 0 Å². The molecule has 7 heteroatoms. The number of carbonyl (C=O) groups is 2. The highest BCUT2D eigenvalue weighted by Gasteiger charge is 2.29. The molecule has 1 aliphatic heterocycles. The van der Waals surface area contributed by atoms with Crippen LogP contribution in [0.25, 0.3) is 0 Å². The van der Waals surface area contributed by atoms with Crippen molar-refractivity contribution < 1.29 is 19.4 Å². The van der Waals surface area contributed by atoms with Crippen LogP contribution in [0.1, 0.15) is 26.2 Å². The van der Waals surface area contributed by atoms with Gasteiger partial charge in [0.05, 0.1) is 25.1 Å². The quantitative estimate of drug-likeness (QED) is 0.743. The molecule has 2 unspecified atom stereocenters. The number of ether oxygens (including phenoxy) is 1. The summed E-state index contributed by atoms with van der Waals surface area (Å²) in [6, 6.07) is -0.416. The molecule has 1 aliphatic rings. The fourth-order valence-electron chi connectivity index (χ4n) is 2.30. The number of carboxylic acid groups (broad SMARTS) is 1. The number of carboxylic acids is 1. The van der Waals surface area contributed by atoms with E-state index >= 15 is 0 Å². The summed E-state index contributed by atoms with van der Waals surface area (Å²) >= 11 is 1.70. The summed E-state index contributed by atoms with van der Waals surface area (Å²) < 4.78 is 5.10. The number of rotatable bonds is 7. The Balaban J connectivity index is 2.59. The molecule has 0 radical (unpaired) electrons. The maximum absolute atomic E-state index is 12.3. The summed E-state index contributed by atoms with van der Waals surface area (Å²) in [4.78, 5) is 24.8. The lowest BCUT2D eigenvalue weighted by molar-refractivity contribution is -0.138. The summed E-state index contributed by atoms with van der Waals surface area (Å²) in [5, 5.41) is 11.9. The minimum absolute atomic E-state index is 0.00312. The van der Waals surface area contributed by atoms with Gasteiger partial charge < -0.3 is 20.1 Å². The Labute approximate surface area is 124 Å². The second kappa shape index (κ2) is 9.07. The van der Waals surface area contributed by atoms with Gasteiger partial charge in [0.25, 0.3) is 0 Å². The number of nitrogens with zero attached hydrogens (tertiary/aromatic N) is 1. The predicted octanol–water partition coefficient (Wildman–Crippen LogP) is 1.40. The van der Waals surface area contributed by atoms with Crippen molar-refractivity contribution in [2.45, 2.75) is 38.3 Å². The van der Waals surface area contributed by atoms with Gasteiger partial charge in [0.15, 0.2) is 0 Å². The number of aliphatic carboxylic acids is 1. The van der Waals surface area contributed by atoms with E-state index in [1.807, 2.05) is 0 Å². The number of nitrogens with one attached hydrogen (secondary N) is 1. The van der Waals surface area contributed by atoms with Crippen LogP contribution in [0.4, 0.5) is 4.79 Å². The Morgan fingerprint density at radius 3 is 2.90 bits per heavy atom. The van der Waals surface area contributed by atoms with Gasteiger partial charge in [0, 0.05) is 25.2 Å². The number of carbonyl (C=O) groups excluding carboxylic acids is 1. The minimum Gasteiger partial charge on any atom is -0.481 e. The van der Waals surface area contributed by atoms with Crippen LogP contribution in [-0.4, -0.2) is 65.9 Å². The van der Waals surface area contributed by atoms with E-state index in [1.54, 1.807) is 23.8 Å².